The number of methoxy groups -OCH3 is 1. The SMILES string of the molecule is CCOc1cccc(/C(O)=C2/C(=O)C(=O)N(c3ccc(C)cc3)C2c2ccccc2OC)c1. The Labute approximate surface area is 192 Å². The molecule has 0 saturated carbocycles. The molecule has 0 spiro atoms. The van der Waals surface area contributed by atoms with E-state index in [2.05, 4.69) is 0 Å². The van der Waals surface area contributed by atoms with Gasteiger partial charge in [0.25, 0.3) is 11.7 Å². The van der Waals surface area contributed by atoms with Crippen molar-refractivity contribution in [3.05, 3.63) is 95.1 Å². The van der Waals surface area contributed by atoms with Crippen LogP contribution in [0.2, 0.25) is 0 Å². The van der Waals surface area contributed by atoms with Crippen molar-refractivity contribution >= 4 is 23.1 Å². The molecule has 1 N–H and O–H groups in total. The first-order valence-corrected chi connectivity index (χ1v) is 10.7. The van der Waals surface area contributed by atoms with Crippen LogP contribution >= 0.6 is 0 Å². The maximum Gasteiger partial charge on any atom is 0.300 e. The Morgan fingerprint density at radius 1 is 1.00 bits per heavy atom. The highest BCUT2D eigenvalue weighted by Gasteiger charge is 2.47. The fraction of sp³-hybridized carbons (Fsp3) is 0.185. The molecule has 0 bridgehead atoms. The molecule has 1 unspecified atom stereocenters. The first-order valence-electron chi connectivity index (χ1n) is 10.7. The quantitative estimate of drug-likeness (QED) is 0.329. The number of benzene rings is 3. The maximum absolute atomic E-state index is 13.3. The van der Waals surface area contributed by atoms with Gasteiger partial charge in [0, 0.05) is 16.8 Å². The van der Waals surface area contributed by atoms with Crippen LogP contribution in [0.3, 0.4) is 0 Å². The number of aliphatic hydroxyl groups excluding tert-OH is 1. The highest BCUT2D eigenvalue weighted by molar-refractivity contribution is 6.51. The van der Waals surface area contributed by atoms with Crippen LogP contribution in [-0.4, -0.2) is 30.5 Å². The normalized spacial score (nSPS) is 17.3. The average Bonchev–Trinajstić information content (AvgIpc) is 3.10. The number of anilines is 1. The van der Waals surface area contributed by atoms with Gasteiger partial charge in [0.1, 0.15) is 17.3 Å². The highest BCUT2D eigenvalue weighted by Crippen LogP contribution is 2.45. The van der Waals surface area contributed by atoms with Crippen LogP contribution in [-0.2, 0) is 9.59 Å². The van der Waals surface area contributed by atoms with E-state index >= 15 is 0 Å². The Bertz CT molecular complexity index is 1230. The van der Waals surface area contributed by atoms with Gasteiger partial charge in [-0.15, -0.1) is 0 Å². The summed E-state index contributed by atoms with van der Waals surface area (Å²) in [6.45, 7) is 4.27. The van der Waals surface area contributed by atoms with Gasteiger partial charge in [0.05, 0.1) is 25.3 Å². The number of amides is 1. The number of rotatable bonds is 6. The second kappa shape index (κ2) is 9.20. The van der Waals surface area contributed by atoms with E-state index in [4.69, 9.17) is 9.47 Å². The molecule has 6 nitrogen and oxygen atoms in total. The number of para-hydroxylation sites is 1. The second-order valence-corrected chi connectivity index (χ2v) is 7.71. The zero-order valence-corrected chi connectivity index (χ0v) is 18.7. The van der Waals surface area contributed by atoms with Gasteiger partial charge >= 0.3 is 0 Å². The lowest BCUT2D eigenvalue weighted by molar-refractivity contribution is -0.132. The van der Waals surface area contributed by atoms with E-state index in [-0.39, 0.29) is 11.3 Å². The first-order chi connectivity index (χ1) is 16.0. The van der Waals surface area contributed by atoms with Crippen LogP contribution < -0.4 is 14.4 Å². The molecule has 1 aliphatic heterocycles. The van der Waals surface area contributed by atoms with E-state index in [0.29, 0.717) is 34.9 Å². The van der Waals surface area contributed by atoms with Crippen LogP contribution in [0, 0.1) is 6.92 Å². The molecule has 4 rings (SSSR count). The Balaban J connectivity index is 1.95. The summed E-state index contributed by atoms with van der Waals surface area (Å²) >= 11 is 0. The van der Waals surface area contributed by atoms with Gasteiger partial charge in [0.15, 0.2) is 0 Å². The summed E-state index contributed by atoms with van der Waals surface area (Å²) in [5.74, 6) is -0.665. The van der Waals surface area contributed by atoms with E-state index < -0.39 is 17.7 Å². The predicted octanol–water partition coefficient (Wildman–Crippen LogP) is 5.03. The predicted molar refractivity (Wildman–Crippen MR) is 127 cm³/mol. The number of hydrogen-bond donors (Lipinski definition) is 1. The third-order valence-corrected chi connectivity index (χ3v) is 5.61. The molecule has 168 valence electrons. The van der Waals surface area contributed by atoms with Crippen molar-refractivity contribution in [2.24, 2.45) is 0 Å². The largest absolute Gasteiger partial charge is 0.507 e. The number of carbonyl (C=O) groups is 2. The lowest BCUT2D eigenvalue weighted by atomic mass is 9.94. The molecule has 1 fully saturated rings. The number of hydrogen-bond acceptors (Lipinski definition) is 5. The molecule has 1 amide bonds. The Hall–Kier alpha value is -4.06. The topological polar surface area (TPSA) is 76.1 Å². The molecular formula is C27H25NO5. The molecule has 0 aliphatic carbocycles. The van der Waals surface area contributed by atoms with Crippen molar-refractivity contribution in [1.82, 2.24) is 0 Å². The Morgan fingerprint density at radius 3 is 2.42 bits per heavy atom. The zero-order valence-electron chi connectivity index (χ0n) is 18.7. The molecular weight excluding hydrogens is 418 g/mol. The van der Waals surface area contributed by atoms with Crippen LogP contribution in [0.25, 0.3) is 5.76 Å². The minimum atomic E-state index is -0.861. The molecule has 0 aromatic heterocycles. The summed E-state index contributed by atoms with van der Waals surface area (Å²) in [5.41, 5.74) is 2.57. The number of ether oxygens (including phenoxy) is 2. The molecule has 1 heterocycles. The van der Waals surface area contributed by atoms with Gasteiger partial charge in [-0.05, 0) is 44.2 Å². The van der Waals surface area contributed by atoms with Crippen molar-refractivity contribution in [2.75, 3.05) is 18.6 Å². The monoisotopic (exact) mass is 443 g/mol. The van der Waals surface area contributed by atoms with Gasteiger partial charge in [-0.2, -0.15) is 0 Å². The van der Waals surface area contributed by atoms with E-state index in [1.807, 2.05) is 38.1 Å². The Morgan fingerprint density at radius 2 is 1.73 bits per heavy atom. The summed E-state index contributed by atoms with van der Waals surface area (Å²) < 4.78 is 11.1. The van der Waals surface area contributed by atoms with Crippen LogP contribution in [0.1, 0.15) is 29.7 Å². The first kappa shape index (κ1) is 22.1. The van der Waals surface area contributed by atoms with E-state index in [1.165, 1.54) is 12.0 Å². The average molecular weight is 443 g/mol. The number of nitrogens with zero attached hydrogens (tertiary/aromatic N) is 1. The van der Waals surface area contributed by atoms with Gasteiger partial charge in [0.2, 0.25) is 0 Å². The second-order valence-electron chi connectivity index (χ2n) is 7.71. The van der Waals surface area contributed by atoms with Crippen molar-refractivity contribution in [3.8, 4) is 11.5 Å². The minimum Gasteiger partial charge on any atom is -0.507 e. The van der Waals surface area contributed by atoms with Crippen molar-refractivity contribution in [2.45, 2.75) is 19.9 Å². The number of aliphatic hydroxyl groups is 1. The standard InChI is InChI=1S/C27H25NO5/c1-4-33-20-9-7-8-18(16-20)25(29)23-24(21-10-5-6-11-22(21)32-3)28(27(31)26(23)30)19-14-12-17(2)13-15-19/h5-16,24,29H,4H2,1-3H3/b25-23-. The third-order valence-electron chi connectivity index (χ3n) is 5.61. The highest BCUT2D eigenvalue weighted by atomic mass is 16.5. The summed E-state index contributed by atoms with van der Waals surface area (Å²) in [4.78, 5) is 28.0. The number of Topliss-reactive ketones (excluding diaryl/α,β-unsaturated/α-hetero) is 1. The molecule has 1 atom stereocenters. The summed E-state index contributed by atoms with van der Waals surface area (Å²) in [5, 5.41) is 11.3. The van der Waals surface area contributed by atoms with E-state index in [0.717, 1.165) is 5.56 Å². The number of aryl methyl sites for hydroxylation is 1. The van der Waals surface area contributed by atoms with Gasteiger partial charge in [-0.25, -0.2) is 0 Å². The van der Waals surface area contributed by atoms with Gasteiger partial charge in [-0.1, -0.05) is 48.0 Å². The molecule has 1 aliphatic rings. The Kier molecular flexibility index (Phi) is 6.18. The summed E-state index contributed by atoms with van der Waals surface area (Å²) in [6, 6.07) is 20.5. The fourth-order valence-corrected chi connectivity index (χ4v) is 4.05. The zero-order chi connectivity index (χ0) is 23.5. The third kappa shape index (κ3) is 4.07. The minimum absolute atomic E-state index is 0.00118. The molecule has 6 heteroatoms. The van der Waals surface area contributed by atoms with Crippen molar-refractivity contribution in [1.29, 1.82) is 0 Å². The van der Waals surface area contributed by atoms with Crippen LogP contribution in [0.4, 0.5) is 5.69 Å². The molecule has 3 aromatic rings. The molecule has 0 radical (unpaired) electrons. The summed E-state index contributed by atoms with van der Waals surface area (Å²) in [7, 11) is 1.53. The number of carbonyl (C=O) groups excluding carboxylic acids is 2. The van der Waals surface area contributed by atoms with Crippen LogP contribution in [0.5, 0.6) is 11.5 Å². The van der Waals surface area contributed by atoms with E-state index in [9.17, 15) is 14.7 Å². The molecule has 33 heavy (non-hydrogen) atoms. The van der Waals surface area contributed by atoms with Crippen LogP contribution in [0.15, 0.2) is 78.4 Å². The molecule has 3 aromatic carbocycles. The van der Waals surface area contributed by atoms with E-state index in [1.54, 1.807) is 48.5 Å². The van der Waals surface area contributed by atoms with Crippen molar-refractivity contribution < 1.29 is 24.2 Å². The summed E-state index contributed by atoms with van der Waals surface area (Å²) in [6.07, 6.45) is 0. The van der Waals surface area contributed by atoms with Crippen molar-refractivity contribution in [3.63, 3.8) is 0 Å². The molecule has 1 saturated heterocycles. The lowest BCUT2D eigenvalue weighted by Gasteiger charge is -2.26. The fourth-order valence-electron chi connectivity index (χ4n) is 4.05. The maximum atomic E-state index is 13.3. The number of ketones is 1. The van der Waals surface area contributed by atoms with Gasteiger partial charge in [-0.3, -0.25) is 14.5 Å². The smallest absolute Gasteiger partial charge is 0.300 e. The van der Waals surface area contributed by atoms with Gasteiger partial charge < -0.3 is 14.6 Å². The lowest BCUT2D eigenvalue weighted by Crippen LogP contribution is -2.29.